The molecule has 1 aromatic rings. The third-order valence-electron chi connectivity index (χ3n) is 2.50. The predicted octanol–water partition coefficient (Wildman–Crippen LogP) is 2.37. The molecule has 0 aliphatic rings. The highest BCUT2D eigenvalue weighted by molar-refractivity contribution is 6.30. The van der Waals surface area contributed by atoms with Crippen LogP contribution >= 0.6 is 11.6 Å². The molecule has 0 radical (unpaired) electrons. The van der Waals surface area contributed by atoms with E-state index in [-0.39, 0.29) is 5.56 Å². The number of carboxylic acids is 1. The van der Waals surface area contributed by atoms with Gasteiger partial charge in [0.2, 0.25) is 0 Å². The normalized spacial score (nSPS) is 15.4. The van der Waals surface area contributed by atoms with Gasteiger partial charge in [-0.25, -0.2) is 0 Å². The molecule has 2 nitrogen and oxygen atoms in total. The second-order valence-corrected chi connectivity index (χ2v) is 4.11. The molecule has 0 fully saturated rings. The molecular weight excluding hydrogens is 257 g/mol. The molecule has 94 valence electrons. The molecule has 0 heterocycles. The Balaban J connectivity index is 3.10. The van der Waals surface area contributed by atoms with Crippen molar-refractivity contribution < 1.29 is 23.1 Å². The molecule has 0 aromatic heterocycles. The van der Waals surface area contributed by atoms with Gasteiger partial charge in [-0.3, -0.25) is 0 Å². The number of halogens is 4. The van der Waals surface area contributed by atoms with Crippen molar-refractivity contribution in [2.75, 3.05) is 0 Å². The van der Waals surface area contributed by atoms with E-state index in [4.69, 9.17) is 11.6 Å². The van der Waals surface area contributed by atoms with E-state index in [0.29, 0.717) is 5.02 Å². The average Bonchev–Trinajstić information content (AvgIpc) is 2.19. The van der Waals surface area contributed by atoms with E-state index in [1.165, 1.54) is 24.3 Å². The number of hydrogen-bond donors (Lipinski definition) is 0. The third-order valence-corrected chi connectivity index (χ3v) is 2.75. The van der Waals surface area contributed by atoms with Crippen LogP contribution in [0.2, 0.25) is 5.02 Å². The first-order chi connectivity index (χ1) is 7.73. The first-order valence-corrected chi connectivity index (χ1v) is 5.14. The minimum Gasteiger partial charge on any atom is -0.549 e. The summed E-state index contributed by atoms with van der Waals surface area (Å²) < 4.78 is 37.5. The van der Waals surface area contributed by atoms with Crippen LogP contribution in [-0.2, 0) is 4.79 Å². The molecule has 0 saturated heterocycles. The predicted molar refractivity (Wildman–Crippen MR) is 54.4 cm³/mol. The van der Waals surface area contributed by atoms with Crippen molar-refractivity contribution in [3.63, 3.8) is 0 Å². The van der Waals surface area contributed by atoms with Crippen LogP contribution in [0.25, 0.3) is 0 Å². The zero-order valence-electron chi connectivity index (χ0n) is 8.79. The minimum atomic E-state index is -4.59. The molecule has 0 aliphatic carbocycles. The van der Waals surface area contributed by atoms with Gasteiger partial charge in [0.15, 0.2) is 0 Å². The Labute approximate surface area is 101 Å². The molecule has 0 bridgehead atoms. The van der Waals surface area contributed by atoms with Crippen LogP contribution in [0.15, 0.2) is 24.3 Å². The van der Waals surface area contributed by atoms with Crippen molar-refractivity contribution in [3.8, 4) is 0 Å². The largest absolute Gasteiger partial charge is 0.549 e. The summed E-state index contributed by atoms with van der Waals surface area (Å²) in [6, 6.07) is 5.20. The van der Waals surface area contributed by atoms with Crippen molar-refractivity contribution in [3.05, 3.63) is 34.9 Å². The van der Waals surface area contributed by atoms with Gasteiger partial charge in [0.1, 0.15) is 0 Å². The number of carboxylic acid groups (broad SMARTS) is 1. The van der Waals surface area contributed by atoms with E-state index in [2.05, 4.69) is 0 Å². The van der Waals surface area contributed by atoms with Gasteiger partial charge in [0.25, 0.3) is 0 Å². The lowest BCUT2D eigenvalue weighted by molar-refractivity contribution is -0.313. The number of aliphatic carboxylic acids is 1. The maximum Gasteiger partial charge on any atom is 0.392 e. The Bertz CT molecular complexity index is 400. The summed E-state index contributed by atoms with van der Waals surface area (Å²) in [5.74, 6) is -5.50. The lowest BCUT2D eigenvalue weighted by Crippen LogP contribution is -2.38. The molecule has 2 atom stereocenters. The van der Waals surface area contributed by atoms with Gasteiger partial charge in [-0.05, 0) is 17.7 Å². The quantitative estimate of drug-likeness (QED) is 0.842. The van der Waals surface area contributed by atoms with E-state index in [1.54, 1.807) is 0 Å². The average molecular weight is 266 g/mol. The molecule has 0 spiro atoms. The molecule has 17 heavy (non-hydrogen) atoms. The van der Waals surface area contributed by atoms with Crippen LogP contribution in [-0.4, -0.2) is 12.1 Å². The monoisotopic (exact) mass is 265 g/mol. The van der Waals surface area contributed by atoms with E-state index in [1.807, 2.05) is 0 Å². The lowest BCUT2D eigenvalue weighted by Gasteiger charge is -2.27. The van der Waals surface area contributed by atoms with Gasteiger partial charge in [0, 0.05) is 16.9 Å². The summed E-state index contributed by atoms with van der Waals surface area (Å²) in [5, 5.41) is 11.2. The molecule has 0 unspecified atom stereocenters. The Morgan fingerprint density at radius 1 is 1.29 bits per heavy atom. The summed E-state index contributed by atoms with van der Waals surface area (Å²) in [5.41, 5.74) is 0.0271. The number of carbonyl (C=O) groups is 1. The van der Waals surface area contributed by atoms with Crippen LogP contribution in [0.3, 0.4) is 0 Å². The maximum atomic E-state index is 12.5. The highest BCUT2D eigenvalue weighted by Crippen LogP contribution is 2.37. The highest BCUT2D eigenvalue weighted by Gasteiger charge is 2.42. The zero-order chi connectivity index (χ0) is 13.2. The van der Waals surface area contributed by atoms with Crippen LogP contribution in [0.1, 0.15) is 18.4 Å². The Hall–Kier alpha value is -1.23. The van der Waals surface area contributed by atoms with E-state index in [9.17, 15) is 23.1 Å². The van der Waals surface area contributed by atoms with Gasteiger partial charge in [-0.15, -0.1) is 0 Å². The number of rotatable bonds is 3. The molecule has 0 saturated carbocycles. The fraction of sp³-hybridized carbons (Fsp3) is 0.364. The van der Waals surface area contributed by atoms with Crippen molar-refractivity contribution in [1.29, 1.82) is 0 Å². The molecule has 0 N–H and O–H groups in total. The topological polar surface area (TPSA) is 40.1 Å². The zero-order valence-corrected chi connectivity index (χ0v) is 9.55. The van der Waals surface area contributed by atoms with E-state index >= 15 is 0 Å². The molecular formula is C11H9ClF3O2-. The van der Waals surface area contributed by atoms with Crippen molar-refractivity contribution in [2.45, 2.75) is 19.0 Å². The summed E-state index contributed by atoms with van der Waals surface area (Å²) in [4.78, 5) is 10.8. The number of alkyl halides is 3. The second kappa shape index (κ2) is 4.96. The van der Waals surface area contributed by atoms with Crippen molar-refractivity contribution in [2.24, 2.45) is 5.92 Å². The highest BCUT2D eigenvalue weighted by atomic mass is 35.5. The van der Waals surface area contributed by atoms with Gasteiger partial charge in [-0.2, -0.15) is 13.2 Å². The number of carbonyl (C=O) groups excluding carboxylic acids is 1. The van der Waals surface area contributed by atoms with Crippen LogP contribution in [0.5, 0.6) is 0 Å². The first-order valence-electron chi connectivity index (χ1n) is 4.76. The van der Waals surface area contributed by atoms with Gasteiger partial charge >= 0.3 is 6.18 Å². The van der Waals surface area contributed by atoms with Gasteiger partial charge in [-0.1, -0.05) is 30.7 Å². The fourth-order valence-electron chi connectivity index (χ4n) is 1.49. The minimum absolute atomic E-state index is 0.0271. The molecule has 6 heteroatoms. The summed E-state index contributed by atoms with van der Waals surface area (Å²) in [6.07, 6.45) is -4.59. The van der Waals surface area contributed by atoms with Crippen LogP contribution in [0.4, 0.5) is 13.2 Å². The second-order valence-electron chi connectivity index (χ2n) is 3.68. The SMILES string of the molecule is C[C@@H]([C@@H](C(=O)[O-])c1ccc(Cl)cc1)C(F)(F)F. The number of hydrogen-bond acceptors (Lipinski definition) is 2. The van der Waals surface area contributed by atoms with Gasteiger partial charge in [0.05, 0.1) is 5.92 Å². The summed E-state index contributed by atoms with van der Waals surface area (Å²) >= 11 is 5.58. The summed E-state index contributed by atoms with van der Waals surface area (Å²) in [6.45, 7) is 0.815. The summed E-state index contributed by atoms with van der Waals surface area (Å²) in [7, 11) is 0. The third kappa shape index (κ3) is 3.36. The van der Waals surface area contributed by atoms with E-state index < -0.39 is 24.0 Å². The van der Waals surface area contributed by atoms with Crippen LogP contribution < -0.4 is 5.11 Å². The van der Waals surface area contributed by atoms with E-state index in [0.717, 1.165) is 6.92 Å². The Morgan fingerprint density at radius 3 is 2.12 bits per heavy atom. The fourth-order valence-corrected chi connectivity index (χ4v) is 1.61. The standard InChI is InChI=1S/C11H10ClF3O2/c1-6(11(13,14)15)9(10(16)17)7-2-4-8(12)5-3-7/h2-6,9H,1H3,(H,16,17)/p-1/t6-,9+/m0/s1. The maximum absolute atomic E-state index is 12.5. The number of benzene rings is 1. The molecule has 1 aromatic carbocycles. The van der Waals surface area contributed by atoms with Crippen LogP contribution in [0, 0.1) is 5.92 Å². The molecule has 0 aliphatic heterocycles. The van der Waals surface area contributed by atoms with Gasteiger partial charge < -0.3 is 9.90 Å². The smallest absolute Gasteiger partial charge is 0.392 e. The Morgan fingerprint density at radius 2 is 1.76 bits per heavy atom. The lowest BCUT2D eigenvalue weighted by atomic mass is 9.87. The molecule has 1 rings (SSSR count). The first kappa shape index (κ1) is 13.8. The molecule has 0 amide bonds. The van der Waals surface area contributed by atoms with Crippen molar-refractivity contribution >= 4 is 17.6 Å². The Kier molecular flexibility index (Phi) is 4.03. The van der Waals surface area contributed by atoms with Crippen molar-refractivity contribution in [1.82, 2.24) is 0 Å².